The molecule has 92 valence electrons. The summed E-state index contributed by atoms with van der Waals surface area (Å²) in [5.41, 5.74) is 0.870. The van der Waals surface area contributed by atoms with E-state index in [1.54, 1.807) is 6.07 Å². The maximum atomic E-state index is 11.9. The van der Waals surface area contributed by atoms with Crippen LogP contribution in [0.15, 0.2) is 16.6 Å². The molecule has 0 atom stereocenters. The van der Waals surface area contributed by atoms with Gasteiger partial charge in [0.1, 0.15) is 5.82 Å². The number of aromatic nitrogens is 1. The molecule has 2 rings (SSSR count). The quantitative estimate of drug-likeness (QED) is 0.913. The van der Waals surface area contributed by atoms with E-state index >= 15 is 0 Å². The highest BCUT2D eigenvalue weighted by molar-refractivity contribution is 9.10. The molecule has 5 heteroatoms. The molecule has 1 amide bonds. The van der Waals surface area contributed by atoms with Crippen LogP contribution in [0.2, 0.25) is 0 Å². The molecule has 0 saturated carbocycles. The zero-order valence-corrected chi connectivity index (χ0v) is 11.3. The largest absolute Gasteiger partial charge is 0.381 e. The zero-order valence-electron chi connectivity index (χ0n) is 9.70. The summed E-state index contributed by atoms with van der Waals surface area (Å²) in [5.74, 6) is 0.708. The van der Waals surface area contributed by atoms with Gasteiger partial charge in [-0.2, -0.15) is 0 Å². The van der Waals surface area contributed by atoms with Gasteiger partial charge < -0.3 is 10.1 Å². The fraction of sp³-hybridized carbons (Fsp3) is 0.500. The first-order valence-electron chi connectivity index (χ1n) is 5.68. The van der Waals surface area contributed by atoms with Crippen LogP contribution in [0.1, 0.15) is 18.5 Å². The first-order valence-corrected chi connectivity index (χ1v) is 6.48. The summed E-state index contributed by atoms with van der Waals surface area (Å²) in [4.78, 5) is 16.2. The normalized spacial score (nSPS) is 16.8. The Labute approximate surface area is 109 Å². The minimum atomic E-state index is 0.0440. The Morgan fingerprint density at radius 2 is 2.18 bits per heavy atom. The molecule has 1 saturated heterocycles. The molecular formula is C12H15BrN2O2. The Kier molecular flexibility index (Phi) is 4.12. The highest BCUT2D eigenvalue weighted by atomic mass is 79.9. The number of hydrogen-bond donors (Lipinski definition) is 1. The second-order valence-electron chi connectivity index (χ2n) is 4.14. The summed E-state index contributed by atoms with van der Waals surface area (Å²) in [6.07, 6.45) is 1.59. The van der Waals surface area contributed by atoms with Crippen molar-refractivity contribution in [2.24, 2.45) is 5.92 Å². The second kappa shape index (κ2) is 5.60. The molecule has 0 radical (unpaired) electrons. The summed E-state index contributed by atoms with van der Waals surface area (Å²) in [6, 6.07) is 3.69. The maximum absolute atomic E-state index is 11.9. The number of anilines is 1. The first-order chi connectivity index (χ1) is 8.16. The van der Waals surface area contributed by atoms with Gasteiger partial charge in [0.25, 0.3) is 0 Å². The molecule has 0 bridgehead atoms. The van der Waals surface area contributed by atoms with Gasteiger partial charge in [-0.25, -0.2) is 4.98 Å². The van der Waals surface area contributed by atoms with Crippen molar-refractivity contribution in [1.29, 1.82) is 0 Å². The van der Waals surface area contributed by atoms with Gasteiger partial charge in [0.15, 0.2) is 0 Å². The number of rotatable bonds is 2. The smallest absolute Gasteiger partial charge is 0.228 e. The third-order valence-electron chi connectivity index (χ3n) is 2.86. The van der Waals surface area contributed by atoms with Crippen molar-refractivity contribution in [1.82, 2.24) is 4.98 Å². The minimum Gasteiger partial charge on any atom is -0.381 e. The molecule has 2 heterocycles. The van der Waals surface area contributed by atoms with Gasteiger partial charge in [-0.15, -0.1) is 0 Å². The number of ether oxygens (including phenoxy) is 1. The van der Waals surface area contributed by atoms with Crippen molar-refractivity contribution in [2.75, 3.05) is 18.5 Å². The van der Waals surface area contributed by atoms with Crippen LogP contribution in [0.5, 0.6) is 0 Å². The van der Waals surface area contributed by atoms with Gasteiger partial charge in [-0.1, -0.05) is 0 Å². The number of halogens is 1. The van der Waals surface area contributed by atoms with Gasteiger partial charge in [0, 0.05) is 23.6 Å². The summed E-state index contributed by atoms with van der Waals surface area (Å²) in [6.45, 7) is 3.24. The maximum Gasteiger partial charge on any atom is 0.228 e. The van der Waals surface area contributed by atoms with E-state index in [2.05, 4.69) is 26.2 Å². The van der Waals surface area contributed by atoms with E-state index in [-0.39, 0.29) is 11.8 Å². The number of nitrogens with one attached hydrogen (secondary N) is 1. The summed E-state index contributed by atoms with van der Waals surface area (Å²) in [5, 5.41) is 2.85. The van der Waals surface area contributed by atoms with Crippen LogP contribution in [-0.2, 0) is 9.53 Å². The fourth-order valence-electron chi connectivity index (χ4n) is 1.80. The van der Waals surface area contributed by atoms with Crippen LogP contribution >= 0.6 is 15.9 Å². The molecule has 17 heavy (non-hydrogen) atoms. The molecule has 1 aliphatic heterocycles. The van der Waals surface area contributed by atoms with Crippen molar-refractivity contribution in [3.05, 3.63) is 22.3 Å². The number of carbonyl (C=O) groups is 1. The van der Waals surface area contributed by atoms with Crippen molar-refractivity contribution in [2.45, 2.75) is 19.8 Å². The Balaban J connectivity index is 1.99. The van der Waals surface area contributed by atoms with Crippen molar-refractivity contribution in [3.8, 4) is 0 Å². The highest BCUT2D eigenvalue weighted by Crippen LogP contribution is 2.19. The standard InChI is InChI=1S/C12H15BrN2O2/c1-8-10(13)2-3-11(14-8)15-12(16)9-4-6-17-7-5-9/h2-3,9H,4-7H2,1H3,(H,14,15,16). The van der Waals surface area contributed by atoms with Crippen LogP contribution < -0.4 is 5.32 Å². The number of pyridine rings is 1. The molecule has 0 aliphatic carbocycles. The summed E-state index contributed by atoms with van der Waals surface area (Å²) in [7, 11) is 0. The molecular weight excluding hydrogens is 284 g/mol. The van der Waals surface area contributed by atoms with E-state index in [0.29, 0.717) is 19.0 Å². The predicted octanol–water partition coefficient (Wildman–Crippen LogP) is 2.52. The van der Waals surface area contributed by atoms with Gasteiger partial charge >= 0.3 is 0 Å². The number of hydrogen-bond acceptors (Lipinski definition) is 3. The molecule has 1 aromatic rings. The van der Waals surface area contributed by atoms with Gasteiger partial charge in [-0.3, -0.25) is 4.79 Å². The molecule has 1 aromatic heterocycles. The lowest BCUT2D eigenvalue weighted by molar-refractivity contribution is -0.122. The van der Waals surface area contributed by atoms with Crippen LogP contribution in [0.4, 0.5) is 5.82 Å². The number of carbonyl (C=O) groups excluding carboxylic acids is 1. The van der Waals surface area contributed by atoms with Crippen LogP contribution in [0.25, 0.3) is 0 Å². The average molecular weight is 299 g/mol. The molecule has 1 aliphatic rings. The van der Waals surface area contributed by atoms with Crippen molar-refractivity contribution >= 4 is 27.7 Å². The van der Waals surface area contributed by atoms with Crippen LogP contribution in [0.3, 0.4) is 0 Å². The van der Waals surface area contributed by atoms with E-state index in [4.69, 9.17) is 4.74 Å². The highest BCUT2D eigenvalue weighted by Gasteiger charge is 2.21. The molecule has 4 nitrogen and oxygen atoms in total. The lowest BCUT2D eigenvalue weighted by Gasteiger charge is -2.21. The second-order valence-corrected chi connectivity index (χ2v) is 4.99. The lowest BCUT2D eigenvalue weighted by atomic mass is 9.99. The Bertz CT molecular complexity index is 417. The molecule has 0 unspecified atom stereocenters. The van der Waals surface area contributed by atoms with E-state index < -0.39 is 0 Å². The Hall–Kier alpha value is -0.940. The van der Waals surface area contributed by atoms with Crippen LogP contribution in [-0.4, -0.2) is 24.1 Å². The van der Waals surface area contributed by atoms with Gasteiger partial charge in [0.2, 0.25) is 5.91 Å². The number of aryl methyl sites for hydroxylation is 1. The third-order valence-corrected chi connectivity index (χ3v) is 3.70. The van der Waals surface area contributed by atoms with E-state index in [1.807, 2.05) is 13.0 Å². The summed E-state index contributed by atoms with van der Waals surface area (Å²) < 4.78 is 6.18. The van der Waals surface area contributed by atoms with Crippen molar-refractivity contribution in [3.63, 3.8) is 0 Å². The van der Waals surface area contributed by atoms with Crippen molar-refractivity contribution < 1.29 is 9.53 Å². The summed E-state index contributed by atoms with van der Waals surface area (Å²) >= 11 is 3.38. The van der Waals surface area contributed by atoms with Gasteiger partial charge in [-0.05, 0) is 47.8 Å². The predicted molar refractivity (Wildman–Crippen MR) is 68.8 cm³/mol. The Morgan fingerprint density at radius 3 is 2.82 bits per heavy atom. The van der Waals surface area contributed by atoms with E-state index in [9.17, 15) is 4.79 Å². The average Bonchev–Trinajstić information content (AvgIpc) is 2.35. The van der Waals surface area contributed by atoms with E-state index in [1.165, 1.54) is 0 Å². The Morgan fingerprint density at radius 1 is 1.47 bits per heavy atom. The minimum absolute atomic E-state index is 0.0440. The molecule has 0 spiro atoms. The number of amides is 1. The number of nitrogens with zero attached hydrogens (tertiary/aromatic N) is 1. The SMILES string of the molecule is Cc1nc(NC(=O)C2CCOCC2)ccc1Br. The topological polar surface area (TPSA) is 51.2 Å². The monoisotopic (exact) mass is 298 g/mol. The molecule has 1 fully saturated rings. The fourth-order valence-corrected chi connectivity index (χ4v) is 2.02. The van der Waals surface area contributed by atoms with E-state index in [0.717, 1.165) is 23.0 Å². The zero-order chi connectivity index (χ0) is 12.3. The lowest BCUT2D eigenvalue weighted by Crippen LogP contribution is -2.28. The third kappa shape index (κ3) is 3.26. The van der Waals surface area contributed by atoms with Gasteiger partial charge in [0.05, 0.1) is 5.69 Å². The first kappa shape index (κ1) is 12.5. The van der Waals surface area contributed by atoms with Crippen LogP contribution in [0, 0.1) is 12.8 Å². The molecule has 1 N–H and O–H groups in total. The molecule has 0 aromatic carbocycles.